The SMILES string of the molecule is COc1cc2ncn(-c3cccc(NC4CCNC4)n3)c2cc1-c1cnn(CC(F)(F)F)c1. The van der Waals surface area contributed by atoms with E-state index in [1.165, 1.54) is 19.5 Å². The second kappa shape index (κ2) is 8.39. The van der Waals surface area contributed by atoms with Crippen LogP contribution in [0.25, 0.3) is 28.0 Å². The summed E-state index contributed by atoms with van der Waals surface area (Å²) in [4.78, 5) is 9.20. The van der Waals surface area contributed by atoms with Gasteiger partial charge in [-0.25, -0.2) is 9.97 Å². The lowest BCUT2D eigenvalue weighted by atomic mass is 10.1. The summed E-state index contributed by atoms with van der Waals surface area (Å²) in [6, 6.07) is 9.64. The van der Waals surface area contributed by atoms with E-state index in [1.807, 2.05) is 28.8 Å². The Morgan fingerprint density at radius 2 is 2.15 bits per heavy atom. The van der Waals surface area contributed by atoms with Gasteiger partial charge >= 0.3 is 6.18 Å². The fourth-order valence-electron chi connectivity index (χ4n) is 4.01. The zero-order valence-corrected chi connectivity index (χ0v) is 17.8. The normalized spacial score (nSPS) is 16.4. The van der Waals surface area contributed by atoms with E-state index in [9.17, 15) is 13.2 Å². The summed E-state index contributed by atoms with van der Waals surface area (Å²) in [5, 5.41) is 10.6. The van der Waals surface area contributed by atoms with Gasteiger partial charge in [-0.3, -0.25) is 9.25 Å². The standard InChI is InChI=1S/C22H22F3N7O/c1-33-19-8-17-18(7-16(19)14-9-28-31(11-14)12-22(23,24)25)32(13-27-17)21-4-2-3-20(30-21)29-15-5-6-26-10-15/h2-4,7-9,11,13,15,26H,5-6,10,12H2,1H3,(H,29,30). The van der Waals surface area contributed by atoms with Crippen molar-refractivity contribution in [3.63, 3.8) is 0 Å². The quantitative estimate of drug-likeness (QED) is 0.460. The molecule has 1 saturated heterocycles. The minimum absolute atomic E-state index is 0.330. The van der Waals surface area contributed by atoms with Crippen molar-refractivity contribution in [2.24, 2.45) is 0 Å². The number of rotatable bonds is 6. The summed E-state index contributed by atoms with van der Waals surface area (Å²) < 4.78 is 46.5. The van der Waals surface area contributed by atoms with Gasteiger partial charge < -0.3 is 15.4 Å². The monoisotopic (exact) mass is 457 g/mol. The van der Waals surface area contributed by atoms with E-state index in [4.69, 9.17) is 9.72 Å². The maximum Gasteiger partial charge on any atom is 0.408 e. The molecule has 0 saturated carbocycles. The molecule has 4 aromatic rings. The summed E-state index contributed by atoms with van der Waals surface area (Å²) in [6.07, 6.45) is 1.11. The van der Waals surface area contributed by atoms with E-state index < -0.39 is 12.7 Å². The lowest BCUT2D eigenvalue weighted by molar-refractivity contribution is -0.142. The molecule has 2 N–H and O–H groups in total. The van der Waals surface area contributed by atoms with Crippen LogP contribution >= 0.6 is 0 Å². The number of nitrogens with zero attached hydrogens (tertiary/aromatic N) is 5. The highest BCUT2D eigenvalue weighted by Gasteiger charge is 2.28. The number of hydrogen-bond acceptors (Lipinski definition) is 6. The van der Waals surface area contributed by atoms with Gasteiger partial charge in [0.1, 0.15) is 30.3 Å². The van der Waals surface area contributed by atoms with Gasteiger partial charge in [0.2, 0.25) is 0 Å². The Bertz CT molecular complexity index is 1270. The molecule has 1 unspecified atom stereocenters. The predicted octanol–water partition coefficient (Wildman–Crippen LogP) is 3.63. The molecule has 1 aliphatic heterocycles. The second-order valence-corrected chi connectivity index (χ2v) is 7.91. The first-order chi connectivity index (χ1) is 15.9. The molecule has 0 spiro atoms. The minimum Gasteiger partial charge on any atom is -0.496 e. The van der Waals surface area contributed by atoms with Gasteiger partial charge in [0.15, 0.2) is 0 Å². The molecule has 172 valence electrons. The topological polar surface area (TPSA) is 81.8 Å². The van der Waals surface area contributed by atoms with Crippen molar-refractivity contribution in [2.45, 2.75) is 25.2 Å². The number of fused-ring (bicyclic) bond motifs is 1. The molecule has 8 nitrogen and oxygen atoms in total. The van der Waals surface area contributed by atoms with E-state index in [2.05, 4.69) is 20.7 Å². The summed E-state index contributed by atoms with van der Waals surface area (Å²) >= 11 is 0. The van der Waals surface area contributed by atoms with Crippen molar-refractivity contribution in [3.8, 4) is 22.7 Å². The van der Waals surface area contributed by atoms with Crippen LogP contribution in [-0.2, 0) is 6.54 Å². The number of halogens is 3. The third kappa shape index (κ3) is 4.49. The minimum atomic E-state index is -4.35. The third-order valence-electron chi connectivity index (χ3n) is 5.55. The first-order valence-corrected chi connectivity index (χ1v) is 10.5. The van der Waals surface area contributed by atoms with Gasteiger partial charge in [0.25, 0.3) is 0 Å². The summed E-state index contributed by atoms with van der Waals surface area (Å²) in [5.41, 5.74) is 2.56. The van der Waals surface area contributed by atoms with E-state index in [1.54, 1.807) is 12.4 Å². The number of ether oxygens (including phenoxy) is 1. The van der Waals surface area contributed by atoms with Gasteiger partial charge in [-0.15, -0.1) is 0 Å². The highest BCUT2D eigenvalue weighted by molar-refractivity contribution is 5.87. The lowest BCUT2D eigenvalue weighted by Gasteiger charge is -2.13. The fraction of sp³-hybridized carbons (Fsp3) is 0.318. The molecule has 3 aromatic heterocycles. The molecule has 1 atom stereocenters. The molecule has 11 heteroatoms. The van der Waals surface area contributed by atoms with E-state index in [-0.39, 0.29) is 0 Å². The number of imidazole rings is 1. The summed E-state index contributed by atoms with van der Waals surface area (Å²) in [5.74, 6) is 1.94. The Balaban J connectivity index is 1.52. The smallest absolute Gasteiger partial charge is 0.408 e. The highest BCUT2D eigenvalue weighted by Crippen LogP contribution is 2.34. The van der Waals surface area contributed by atoms with Crippen molar-refractivity contribution in [3.05, 3.63) is 49.1 Å². The Morgan fingerprint density at radius 1 is 1.27 bits per heavy atom. The van der Waals surface area contributed by atoms with Crippen LogP contribution < -0.4 is 15.4 Å². The van der Waals surface area contributed by atoms with Crippen LogP contribution in [0.1, 0.15) is 6.42 Å². The molecule has 4 heterocycles. The zero-order valence-electron chi connectivity index (χ0n) is 17.8. The highest BCUT2D eigenvalue weighted by atomic mass is 19.4. The molecule has 5 rings (SSSR count). The van der Waals surface area contributed by atoms with Crippen LogP contribution in [0.5, 0.6) is 5.75 Å². The van der Waals surface area contributed by atoms with Crippen LogP contribution in [0, 0.1) is 0 Å². The summed E-state index contributed by atoms with van der Waals surface area (Å²) in [6.45, 7) is 0.717. The van der Waals surface area contributed by atoms with Crippen molar-refractivity contribution >= 4 is 16.9 Å². The lowest BCUT2D eigenvalue weighted by Crippen LogP contribution is -2.22. The number of nitrogens with one attached hydrogen (secondary N) is 2. The molecular formula is C22H22F3N7O. The van der Waals surface area contributed by atoms with Crippen molar-refractivity contribution in [1.29, 1.82) is 0 Å². The van der Waals surface area contributed by atoms with Crippen LogP contribution in [0.3, 0.4) is 0 Å². The van der Waals surface area contributed by atoms with Gasteiger partial charge in [-0.1, -0.05) is 6.07 Å². The molecule has 1 fully saturated rings. The second-order valence-electron chi connectivity index (χ2n) is 7.91. The maximum atomic E-state index is 12.8. The molecule has 33 heavy (non-hydrogen) atoms. The number of methoxy groups -OCH3 is 1. The molecule has 0 amide bonds. The molecule has 0 radical (unpaired) electrons. The van der Waals surface area contributed by atoms with Crippen molar-refractivity contribution < 1.29 is 17.9 Å². The Hall–Kier alpha value is -3.60. The number of hydrogen-bond donors (Lipinski definition) is 2. The number of anilines is 1. The number of benzene rings is 1. The molecule has 1 aliphatic rings. The van der Waals surface area contributed by atoms with Gasteiger partial charge in [-0.05, 0) is 31.2 Å². The van der Waals surface area contributed by atoms with E-state index in [0.29, 0.717) is 34.3 Å². The molecule has 0 aliphatic carbocycles. The average Bonchev–Trinajstić information content (AvgIpc) is 3.53. The first kappa shape index (κ1) is 21.3. The first-order valence-electron chi connectivity index (χ1n) is 10.5. The van der Waals surface area contributed by atoms with E-state index in [0.717, 1.165) is 35.5 Å². The van der Waals surface area contributed by atoms with Gasteiger partial charge in [0.05, 0.1) is 24.3 Å². The zero-order chi connectivity index (χ0) is 23.0. The number of aromatic nitrogens is 5. The largest absolute Gasteiger partial charge is 0.496 e. The van der Waals surface area contributed by atoms with Crippen molar-refractivity contribution in [2.75, 3.05) is 25.5 Å². The van der Waals surface area contributed by atoms with Crippen LogP contribution in [0.15, 0.2) is 49.1 Å². The molecule has 1 aromatic carbocycles. The van der Waals surface area contributed by atoms with E-state index >= 15 is 0 Å². The Labute approximate surface area is 187 Å². The van der Waals surface area contributed by atoms with Gasteiger partial charge in [0, 0.05) is 36.0 Å². The van der Waals surface area contributed by atoms with Crippen LogP contribution in [0.2, 0.25) is 0 Å². The van der Waals surface area contributed by atoms with Gasteiger partial charge in [-0.2, -0.15) is 18.3 Å². The fourth-order valence-corrected chi connectivity index (χ4v) is 4.01. The molecule has 0 bridgehead atoms. The van der Waals surface area contributed by atoms with Crippen LogP contribution in [-0.4, -0.2) is 56.7 Å². The Morgan fingerprint density at radius 3 is 2.91 bits per heavy atom. The third-order valence-corrected chi connectivity index (χ3v) is 5.55. The Kier molecular flexibility index (Phi) is 5.41. The van der Waals surface area contributed by atoms with Crippen LogP contribution in [0.4, 0.5) is 19.0 Å². The summed E-state index contributed by atoms with van der Waals surface area (Å²) in [7, 11) is 1.51. The average molecular weight is 457 g/mol. The molecular weight excluding hydrogens is 435 g/mol. The number of pyridine rings is 1. The number of alkyl halides is 3. The maximum absolute atomic E-state index is 12.8. The van der Waals surface area contributed by atoms with Crippen molar-refractivity contribution in [1.82, 2.24) is 29.6 Å². The predicted molar refractivity (Wildman–Crippen MR) is 118 cm³/mol.